The summed E-state index contributed by atoms with van der Waals surface area (Å²) < 4.78 is 39.1. The van der Waals surface area contributed by atoms with Crippen molar-refractivity contribution in [3.8, 4) is 0 Å². The molecule has 0 aromatic carbocycles. The molecule has 0 aliphatic rings. The number of hydrogen-bond donors (Lipinski definition) is 2. The van der Waals surface area contributed by atoms with E-state index in [2.05, 4.69) is 15.0 Å². The van der Waals surface area contributed by atoms with Crippen LogP contribution in [0.3, 0.4) is 0 Å². The smallest absolute Gasteiger partial charge is 0.395 e. The third-order valence-corrected chi connectivity index (χ3v) is 2.29. The van der Waals surface area contributed by atoms with E-state index in [1.54, 1.807) is 0 Å². The number of hydrogen-bond acceptors (Lipinski definition) is 5. The largest absolute Gasteiger partial charge is 0.451 e. The molecule has 0 fully saturated rings. The second kappa shape index (κ2) is 4.46. The van der Waals surface area contributed by atoms with Crippen molar-refractivity contribution >= 4 is 17.1 Å². The molecule has 0 spiro atoms. The number of aromatic nitrogens is 4. The van der Waals surface area contributed by atoms with Crippen molar-refractivity contribution in [2.75, 3.05) is 6.61 Å². The summed E-state index contributed by atoms with van der Waals surface area (Å²) in [6.45, 7) is -0.328. The van der Waals surface area contributed by atoms with E-state index in [1.165, 1.54) is 4.57 Å². The molecule has 0 bridgehead atoms. The van der Waals surface area contributed by atoms with Crippen molar-refractivity contribution < 1.29 is 23.1 Å². The number of rotatable bonds is 3. The molecular formula is C9H8F3N5O2. The van der Waals surface area contributed by atoms with Gasteiger partial charge in [0.05, 0.1) is 12.9 Å². The summed E-state index contributed by atoms with van der Waals surface area (Å²) >= 11 is 0. The summed E-state index contributed by atoms with van der Waals surface area (Å²) in [4.78, 5) is 21.3. The number of halogens is 3. The minimum absolute atomic E-state index is 0.0109. The topological polar surface area (TPSA) is 107 Å². The van der Waals surface area contributed by atoms with Crippen molar-refractivity contribution in [3.05, 3.63) is 17.8 Å². The molecule has 102 valence electrons. The Morgan fingerprint density at radius 1 is 1.42 bits per heavy atom. The van der Waals surface area contributed by atoms with Crippen molar-refractivity contribution in [1.82, 2.24) is 19.5 Å². The van der Waals surface area contributed by atoms with Crippen LogP contribution in [0.4, 0.5) is 13.2 Å². The van der Waals surface area contributed by atoms with Crippen LogP contribution in [0.2, 0.25) is 0 Å². The maximum absolute atomic E-state index is 12.6. The zero-order valence-electron chi connectivity index (χ0n) is 9.35. The van der Waals surface area contributed by atoms with Crippen molar-refractivity contribution in [2.45, 2.75) is 12.7 Å². The molecule has 0 unspecified atom stereocenters. The van der Waals surface area contributed by atoms with E-state index >= 15 is 0 Å². The highest BCUT2D eigenvalue weighted by atomic mass is 19.4. The molecule has 2 aromatic rings. The molecule has 2 aromatic heterocycles. The minimum Gasteiger partial charge on any atom is -0.395 e. The predicted molar refractivity (Wildman–Crippen MR) is 55.9 cm³/mol. The Hall–Kier alpha value is -2.23. The van der Waals surface area contributed by atoms with E-state index in [0.717, 1.165) is 6.33 Å². The maximum atomic E-state index is 12.6. The number of nitrogens with two attached hydrogens (primary N) is 1. The molecule has 7 nitrogen and oxygen atoms in total. The van der Waals surface area contributed by atoms with Crippen LogP contribution in [-0.4, -0.2) is 37.1 Å². The Morgan fingerprint density at radius 3 is 2.63 bits per heavy atom. The summed E-state index contributed by atoms with van der Waals surface area (Å²) in [5.41, 5.74) is 4.04. The first-order valence-electron chi connectivity index (χ1n) is 5.05. The lowest BCUT2D eigenvalue weighted by Gasteiger charge is -2.07. The van der Waals surface area contributed by atoms with E-state index in [4.69, 9.17) is 10.8 Å². The van der Waals surface area contributed by atoms with Gasteiger partial charge in [0, 0.05) is 6.54 Å². The quantitative estimate of drug-likeness (QED) is 0.815. The van der Waals surface area contributed by atoms with E-state index < -0.39 is 23.6 Å². The molecule has 0 aliphatic heterocycles. The average Bonchev–Trinajstić information content (AvgIpc) is 2.70. The highest BCUT2D eigenvalue weighted by Crippen LogP contribution is 2.28. The summed E-state index contributed by atoms with van der Waals surface area (Å²) in [5.74, 6) is -2.61. The fourth-order valence-corrected chi connectivity index (χ4v) is 1.51. The molecule has 19 heavy (non-hydrogen) atoms. The number of carbonyl (C=O) groups is 1. The molecule has 0 atom stereocenters. The lowest BCUT2D eigenvalue weighted by molar-refractivity contribution is -0.144. The van der Waals surface area contributed by atoms with Crippen LogP contribution in [-0.2, 0) is 12.7 Å². The van der Waals surface area contributed by atoms with E-state index in [0.29, 0.717) is 0 Å². The van der Waals surface area contributed by atoms with Gasteiger partial charge in [0.2, 0.25) is 5.82 Å². The molecule has 1 amide bonds. The molecule has 0 saturated heterocycles. The zero-order chi connectivity index (χ0) is 14.2. The van der Waals surface area contributed by atoms with Gasteiger partial charge in [-0.05, 0) is 0 Å². The second-order valence-electron chi connectivity index (χ2n) is 3.59. The monoisotopic (exact) mass is 275 g/mol. The fraction of sp³-hybridized carbons (Fsp3) is 0.333. The first kappa shape index (κ1) is 13.2. The van der Waals surface area contributed by atoms with Gasteiger partial charge in [-0.1, -0.05) is 0 Å². The number of imidazole rings is 1. The van der Waals surface area contributed by atoms with Gasteiger partial charge in [-0.2, -0.15) is 13.2 Å². The molecule has 10 heteroatoms. The molecule has 3 N–H and O–H groups in total. The highest BCUT2D eigenvalue weighted by molar-refractivity contribution is 6.01. The molecule has 2 heterocycles. The number of aliphatic hydroxyl groups excluding tert-OH is 1. The molecule has 0 saturated carbocycles. The standard InChI is InChI=1S/C9H8F3N5O2/c10-9(11,12)8-15-4(6(13)19)5-7(16-8)17(1-2-18)3-14-5/h3,18H,1-2H2,(H2,13,19). The fourth-order valence-electron chi connectivity index (χ4n) is 1.51. The van der Waals surface area contributed by atoms with Crippen molar-refractivity contribution in [2.24, 2.45) is 5.73 Å². The Balaban J connectivity index is 2.75. The highest BCUT2D eigenvalue weighted by Gasteiger charge is 2.36. The summed E-state index contributed by atoms with van der Waals surface area (Å²) in [5, 5.41) is 8.80. The zero-order valence-corrected chi connectivity index (χ0v) is 9.35. The van der Waals surface area contributed by atoms with Gasteiger partial charge in [0.15, 0.2) is 11.3 Å². The average molecular weight is 275 g/mol. The molecular weight excluding hydrogens is 267 g/mol. The SMILES string of the molecule is NC(=O)c1nc(C(F)(F)F)nc2c1ncn2CCO. The maximum Gasteiger partial charge on any atom is 0.451 e. The van der Waals surface area contributed by atoms with Gasteiger partial charge < -0.3 is 15.4 Å². The van der Waals surface area contributed by atoms with Crippen LogP contribution in [0.1, 0.15) is 16.3 Å². The Morgan fingerprint density at radius 2 is 2.11 bits per heavy atom. The number of alkyl halides is 3. The van der Waals surface area contributed by atoms with Gasteiger partial charge in [-0.25, -0.2) is 15.0 Å². The van der Waals surface area contributed by atoms with E-state index in [9.17, 15) is 18.0 Å². The van der Waals surface area contributed by atoms with Crippen LogP contribution in [0, 0.1) is 0 Å². The van der Waals surface area contributed by atoms with Crippen LogP contribution in [0.25, 0.3) is 11.2 Å². The van der Waals surface area contributed by atoms with Gasteiger partial charge in [0.25, 0.3) is 5.91 Å². The minimum atomic E-state index is -4.81. The summed E-state index contributed by atoms with van der Waals surface area (Å²) in [7, 11) is 0. The number of fused-ring (bicyclic) bond motifs is 1. The Labute approximate surface area is 103 Å². The van der Waals surface area contributed by atoms with Crippen LogP contribution in [0.15, 0.2) is 6.33 Å². The number of nitrogens with zero attached hydrogens (tertiary/aromatic N) is 4. The third-order valence-electron chi connectivity index (χ3n) is 2.29. The van der Waals surface area contributed by atoms with Gasteiger partial charge >= 0.3 is 6.18 Å². The molecule has 2 rings (SSSR count). The Bertz CT molecular complexity index is 637. The van der Waals surface area contributed by atoms with Crippen LogP contribution in [0.5, 0.6) is 0 Å². The number of aliphatic hydroxyl groups is 1. The lowest BCUT2D eigenvalue weighted by atomic mass is 10.3. The summed E-state index contributed by atoms with van der Waals surface area (Å²) in [6.07, 6.45) is -3.66. The van der Waals surface area contributed by atoms with Crippen molar-refractivity contribution in [1.29, 1.82) is 0 Å². The van der Waals surface area contributed by atoms with Crippen LogP contribution >= 0.6 is 0 Å². The normalized spacial score (nSPS) is 12.0. The third kappa shape index (κ3) is 2.34. The van der Waals surface area contributed by atoms with Crippen molar-refractivity contribution in [3.63, 3.8) is 0 Å². The van der Waals surface area contributed by atoms with Gasteiger partial charge in [-0.3, -0.25) is 4.79 Å². The Kier molecular flexibility index (Phi) is 3.10. The second-order valence-corrected chi connectivity index (χ2v) is 3.59. The van der Waals surface area contributed by atoms with E-state index in [1.807, 2.05) is 0 Å². The predicted octanol–water partition coefficient (Wildman–Crippen LogP) is -0.0637. The summed E-state index contributed by atoms with van der Waals surface area (Å²) in [6, 6.07) is 0. The number of amides is 1. The molecule has 0 radical (unpaired) electrons. The van der Waals surface area contributed by atoms with Crippen LogP contribution < -0.4 is 5.73 Å². The number of carbonyl (C=O) groups excluding carboxylic acids is 1. The van der Waals surface area contributed by atoms with Gasteiger partial charge in [-0.15, -0.1) is 0 Å². The van der Waals surface area contributed by atoms with E-state index in [-0.39, 0.29) is 24.3 Å². The van der Waals surface area contributed by atoms with Gasteiger partial charge in [0.1, 0.15) is 5.52 Å². The first-order chi connectivity index (χ1) is 8.84. The molecule has 0 aliphatic carbocycles. The lowest BCUT2D eigenvalue weighted by Crippen LogP contribution is -2.20. The number of primary amides is 1. The first-order valence-corrected chi connectivity index (χ1v) is 5.05.